The van der Waals surface area contributed by atoms with E-state index in [1.807, 2.05) is 26.0 Å². The Labute approximate surface area is 75.1 Å². The van der Waals surface area contributed by atoms with Crippen LogP contribution >= 0.6 is 0 Å². The third-order valence-corrected chi connectivity index (χ3v) is 1.16. The highest BCUT2D eigenvalue weighted by atomic mass is 16.6. The first-order valence-electron chi connectivity index (χ1n) is 4.03. The van der Waals surface area contributed by atoms with Gasteiger partial charge in [-0.05, 0) is 40.4 Å². The van der Waals surface area contributed by atoms with Gasteiger partial charge in [0.05, 0.1) is 0 Å². The monoisotopic (exact) mass is 178 g/mol. The molecule has 4 N–H and O–H groups in total. The van der Waals surface area contributed by atoms with E-state index in [2.05, 4.69) is 0 Å². The van der Waals surface area contributed by atoms with Crippen LogP contribution in [0.25, 0.3) is 0 Å². The van der Waals surface area contributed by atoms with Gasteiger partial charge in [0, 0.05) is 6.61 Å². The second kappa shape index (κ2) is 8.93. The molecule has 1 fully saturated rings. The molecule has 1 atom stereocenters. The highest BCUT2D eigenvalue weighted by molar-refractivity contribution is 4.50. The first kappa shape index (κ1) is 14.4. The smallest absolute Gasteiger partial charge is 0.154 e. The van der Waals surface area contributed by atoms with E-state index in [4.69, 9.17) is 9.84 Å². The Balaban J connectivity index is 0. The summed E-state index contributed by atoms with van der Waals surface area (Å²) in [7, 11) is 6.00. The van der Waals surface area contributed by atoms with Gasteiger partial charge < -0.3 is 20.9 Å². The summed E-state index contributed by atoms with van der Waals surface area (Å²) in [6.45, 7) is 0.737. The van der Waals surface area contributed by atoms with Crippen molar-refractivity contribution in [2.24, 2.45) is 0 Å². The average molecular weight is 178 g/mol. The van der Waals surface area contributed by atoms with Crippen molar-refractivity contribution >= 4 is 0 Å². The lowest BCUT2D eigenvalue weighted by molar-refractivity contribution is -0.123. The summed E-state index contributed by atoms with van der Waals surface area (Å²) in [6.07, 6.45) is 2.58. The first-order valence-corrected chi connectivity index (χ1v) is 4.03. The molecule has 0 bridgehead atoms. The number of hydrogen-bond donors (Lipinski definition) is 2. The van der Waals surface area contributed by atoms with Crippen molar-refractivity contribution in [2.45, 2.75) is 25.6 Å². The zero-order valence-corrected chi connectivity index (χ0v) is 8.42. The minimum atomic E-state index is -0.464. The molecule has 1 unspecified atom stereocenters. The van der Waals surface area contributed by atoms with Gasteiger partial charge in [-0.15, -0.1) is 0 Å². The molecule has 0 aromatic carbocycles. The van der Waals surface area contributed by atoms with E-state index in [1.165, 1.54) is 0 Å². The Bertz CT molecular complexity index is 80.4. The molecule has 0 saturated carbocycles. The SMILES string of the molecule is CN(C)C.N.OC1CCCCO1. The Morgan fingerprint density at radius 1 is 1.25 bits per heavy atom. The van der Waals surface area contributed by atoms with Gasteiger partial charge >= 0.3 is 0 Å². The molecule has 0 aromatic rings. The molecule has 12 heavy (non-hydrogen) atoms. The lowest BCUT2D eigenvalue weighted by Gasteiger charge is -2.16. The van der Waals surface area contributed by atoms with Crippen LogP contribution in [0, 0.1) is 0 Å². The topological polar surface area (TPSA) is 67.7 Å². The number of rotatable bonds is 0. The summed E-state index contributed by atoms with van der Waals surface area (Å²) in [5.41, 5.74) is 0. The van der Waals surface area contributed by atoms with E-state index in [-0.39, 0.29) is 6.15 Å². The van der Waals surface area contributed by atoms with Gasteiger partial charge in [0.15, 0.2) is 6.29 Å². The molecule has 0 aromatic heterocycles. The lowest BCUT2D eigenvalue weighted by Crippen LogP contribution is -2.17. The van der Waals surface area contributed by atoms with Crippen LogP contribution < -0.4 is 6.15 Å². The fourth-order valence-corrected chi connectivity index (χ4v) is 0.724. The minimum Gasteiger partial charge on any atom is -0.368 e. The third-order valence-electron chi connectivity index (χ3n) is 1.16. The summed E-state index contributed by atoms with van der Waals surface area (Å²) in [5.74, 6) is 0. The summed E-state index contributed by atoms with van der Waals surface area (Å²) in [6, 6.07) is 0. The van der Waals surface area contributed by atoms with Crippen molar-refractivity contribution in [3.63, 3.8) is 0 Å². The molecule has 0 amide bonds. The fraction of sp³-hybridized carbons (Fsp3) is 1.00. The Kier molecular flexibility index (Phi) is 10.7. The van der Waals surface area contributed by atoms with Crippen molar-refractivity contribution in [3.8, 4) is 0 Å². The van der Waals surface area contributed by atoms with Crippen molar-refractivity contribution in [1.29, 1.82) is 0 Å². The molecule has 1 heterocycles. The maximum absolute atomic E-state index is 8.69. The molecule has 1 aliphatic rings. The van der Waals surface area contributed by atoms with Crippen LogP contribution in [-0.2, 0) is 4.74 Å². The molecule has 4 nitrogen and oxygen atoms in total. The van der Waals surface area contributed by atoms with Gasteiger partial charge in [0.1, 0.15) is 0 Å². The molecule has 1 rings (SSSR count). The van der Waals surface area contributed by atoms with E-state index < -0.39 is 6.29 Å². The summed E-state index contributed by atoms with van der Waals surface area (Å²) >= 11 is 0. The molecule has 0 spiro atoms. The highest BCUT2D eigenvalue weighted by Gasteiger charge is 2.07. The molecule has 1 saturated heterocycles. The molecule has 76 valence electrons. The van der Waals surface area contributed by atoms with E-state index in [1.54, 1.807) is 0 Å². The number of aliphatic hydroxyl groups is 1. The van der Waals surface area contributed by atoms with Crippen LogP contribution in [0.15, 0.2) is 0 Å². The predicted molar refractivity (Wildman–Crippen MR) is 50.4 cm³/mol. The van der Waals surface area contributed by atoms with Crippen LogP contribution in [0.3, 0.4) is 0 Å². The number of ether oxygens (including phenoxy) is 1. The van der Waals surface area contributed by atoms with E-state index in [9.17, 15) is 0 Å². The van der Waals surface area contributed by atoms with Crippen LogP contribution in [0.5, 0.6) is 0 Å². The first-order chi connectivity index (χ1) is 5.13. The van der Waals surface area contributed by atoms with Gasteiger partial charge in [-0.3, -0.25) is 0 Å². The minimum absolute atomic E-state index is 0. The largest absolute Gasteiger partial charge is 0.368 e. The molecule has 4 heteroatoms. The lowest BCUT2D eigenvalue weighted by atomic mass is 10.2. The Hall–Kier alpha value is -0.160. The summed E-state index contributed by atoms with van der Waals surface area (Å²) in [5, 5.41) is 8.69. The van der Waals surface area contributed by atoms with Crippen molar-refractivity contribution in [3.05, 3.63) is 0 Å². The Morgan fingerprint density at radius 3 is 1.92 bits per heavy atom. The molecule has 0 aliphatic carbocycles. The standard InChI is InChI=1S/C5H10O2.C3H9N.H3N/c6-5-3-1-2-4-7-5;1-4(2)3;/h5-6H,1-4H2;1-3H3;1H3. The summed E-state index contributed by atoms with van der Waals surface area (Å²) < 4.78 is 4.83. The van der Waals surface area contributed by atoms with E-state index in [0.717, 1.165) is 25.9 Å². The van der Waals surface area contributed by atoms with Gasteiger partial charge in [-0.25, -0.2) is 0 Å². The fourth-order valence-electron chi connectivity index (χ4n) is 0.724. The highest BCUT2D eigenvalue weighted by Crippen LogP contribution is 2.08. The predicted octanol–water partition coefficient (Wildman–Crippen LogP) is 0.845. The van der Waals surface area contributed by atoms with Crippen molar-refractivity contribution in [2.75, 3.05) is 27.7 Å². The maximum Gasteiger partial charge on any atom is 0.154 e. The molecular formula is C8H22N2O2. The summed E-state index contributed by atoms with van der Waals surface area (Å²) in [4.78, 5) is 2.00. The second-order valence-electron chi connectivity index (χ2n) is 3.16. The van der Waals surface area contributed by atoms with Crippen molar-refractivity contribution in [1.82, 2.24) is 11.1 Å². The van der Waals surface area contributed by atoms with Gasteiger partial charge in [0.2, 0.25) is 0 Å². The third kappa shape index (κ3) is 12.5. The zero-order chi connectivity index (χ0) is 8.69. The van der Waals surface area contributed by atoms with Gasteiger partial charge in [-0.2, -0.15) is 0 Å². The van der Waals surface area contributed by atoms with E-state index in [0.29, 0.717) is 0 Å². The number of nitrogens with zero attached hydrogens (tertiary/aromatic N) is 1. The van der Waals surface area contributed by atoms with Crippen molar-refractivity contribution < 1.29 is 9.84 Å². The van der Waals surface area contributed by atoms with Gasteiger partial charge in [0.25, 0.3) is 0 Å². The number of hydrogen-bond acceptors (Lipinski definition) is 4. The van der Waals surface area contributed by atoms with Crippen LogP contribution in [0.4, 0.5) is 0 Å². The zero-order valence-electron chi connectivity index (χ0n) is 8.42. The molecule has 1 aliphatic heterocycles. The van der Waals surface area contributed by atoms with E-state index >= 15 is 0 Å². The van der Waals surface area contributed by atoms with Gasteiger partial charge in [-0.1, -0.05) is 0 Å². The van der Waals surface area contributed by atoms with Crippen LogP contribution in [0.1, 0.15) is 19.3 Å². The molecular weight excluding hydrogens is 156 g/mol. The number of aliphatic hydroxyl groups excluding tert-OH is 1. The second-order valence-corrected chi connectivity index (χ2v) is 3.16. The van der Waals surface area contributed by atoms with Crippen LogP contribution in [-0.4, -0.2) is 44.0 Å². The maximum atomic E-state index is 8.69. The molecule has 0 radical (unpaired) electrons. The normalized spacial score (nSPS) is 22.2. The Morgan fingerprint density at radius 2 is 1.75 bits per heavy atom. The average Bonchev–Trinajstić information content (AvgIpc) is 1.87. The van der Waals surface area contributed by atoms with Crippen LogP contribution in [0.2, 0.25) is 0 Å². The quantitative estimate of drug-likeness (QED) is 0.577.